The number of nitrogens with zero attached hydrogens (tertiary/aromatic N) is 6. The topological polar surface area (TPSA) is 293 Å². The van der Waals surface area contributed by atoms with Crippen molar-refractivity contribution < 1.29 is 44.1 Å². The number of ether oxygens (including phenoxy) is 5. The minimum Gasteiger partial charge on any atom is -0.389 e. The molecule has 2 heterocycles. The molecule has 12 N–H and O–H groups in total. The Balaban J connectivity index is 0.936. The lowest BCUT2D eigenvalue weighted by Gasteiger charge is -2.39. The summed E-state index contributed by atoms with van der Waals surface area (Å²) in [5.41, 5.74) is 25.3. The normalized spacial score (nSPS) is 30.6. The highest BCUT2D eigenvalue weighted by molar-refractivity contribution is 4.99. The van der Waals surface area contributed by atoms with Gasteiger partial charge in [0.1, 0.15) is 24.4 Å². The van der Waals surface area contributed by atoms with Crippen molar-refractivity contribution in [2.45, 2.75) is 112 Å². The van der Waals surface area contributed by atoms with Crippen molar-refractivity contribution in [3.63, 3.8) is 0 Å². The molecule has 2 aliphatic carbocycles. The Kier molecular flexibility index (Phi) is 16.6. The van der Waals surface area contributed by atoms with Gasteiger partial charge in [0, 0.05) is 49.8 Å². The van der Waals surface area contributed by atoms with Gasteiger partial charge in [-0.3, -0.25) is 0 Å². The first-order valence-electron chi connectivity index (χ1n) is 17.1. The van der Waals surface area contributed by atoms with E-state index in [2.05, 4.69) is 20.6 Å². The van der Waals surface area contributed by atoms with Crippen molar-refractivity contribution in [2.75, 3.05) is 52.9 Å². The summed E-state index contributed by atoms with van der Waals surface area (Å²) < 4.78 is 31.7. The van der Waals surface area contributed by atoms with Crippen LogP contribution in [0.15, 0.2) is 12.4 Å². The van der Waals surface area contributed by atoms with Gasteiger partial charge in [0.25, 0.3) is 0 Å². The van der Waals surface area contributed by atoms with Gasteiger partial charge in [-0.2, -0.15) is 0 Å². The van der Waals surface area contributed by atoms with E-state index in [4.69, 9.17) is 46.6 Å². The summed E-state index contributed by atoms with van der Waals surface area (Å²) in [6, 6.07) is -1.95. The van der Waals surface area contributed by atoms with Gasteiger partial charge in [0.05, 0.1) is 76.3 Å². The van der Waals surface area contributed by atoms with Crippen LogP contribution < -0.4 is 22.9 Å². The van der Waals surface area contributed by atoms with E-state index in [1.54, 1.807) is 9.36 Å². The lowest BCUT2D eigenvalue weighted by Crippen LogP contribution is -2.62. The Hall–Kier alpha value is -2.24. The van der Waals surface area contributed by atoms with E-state index in [0.717, 1.165) is 11.4 Å². The first kappa shape index (κ1) is 39.5. The fraction of sp³-hybridized carbons (Fsp3) is 0.867. The largest absolute Gasteiger partial charge is 0.389 e. The maximum Gasteiger partial charge on any atom is 0.109 e. The highest BCUT2D eigenvalue weighted by atomic mass is 16.5. The quantitative estimate of drug-likeness (QED) is 0.0540. The van der Waals surface area contributed by atoms with Crippen LogP contribution in [0.25, 0.3) is 0 Å². The fourth-order valence-corrected chi connectivity index (χ4v) is 5.95. The Labute approximate surface area is 286 Å². The van der Waals surface area contributed by atoms with Gasteiger partial charge >= 0.3 is 0 Å². The van der Waals surface area contributed by atoms with Crippen LogP contribution in [0.5, 0.6) is 0 Å². The molecule has 2 aromatic heterocycles. The zero-order valence-electron chi connectivity index (χ0n) is 28.1. The molecular formula is C30H56N10O9. The lowest BCUT2D eigenvalue weighted by atomic mass is 9.85. The molecule has 0 bridgehead atoms. The van der Waals surface area contributed by atoms with E-state index >= 15 is 0 Å². The van der Waals surface area contributed by atoms with Crippen LogP contribution in [-0.2, 0) is 49.6 Å². The van der Waals surface area contributed by atoms with Gasteiger partial charge in [0.15, 0.2) is 0 Å². The number of rotatable bonds is 22. The maximum atomic E-state index is 10.2. The summed E-state index contributed by atoms with van der Waals surface area (Å²) >= 11 is 0. The summed E-state index contributed by atoms with van der Waals surface area (Å²) in [4.78, 5) is 0. The molecule has 19 nitrogen and oxygen atoms in total. The van der Waals surface area contributed by atoms with Crippen LogP contribution in [0.3, 0.4) is 0 Å². The summed E-state index contributed by atoms with van der Waals surface area (Å²) in [6.07, 6.45) is 1.59. The molecule has 10 atom stereocenters. The summed E-state index contributed by atoms with van der Waals surface area (Å²) in [5, 5.41) is 56.9. The maximum absolute atomic E-state index is 10.2. The Morgan fingerprint density at radius 2 is 0.939 bits per heavy atom. The van der Waals surface area contributed by atoms with Crippen molar-refractivity contribution in [1.82, 2.24) is 30.0 Å². The van der Waals surface area contributed by atoms with Gasteiger partial charge in [-0.15, -0.1) is 10.2 Å². The summed E-state index contributed by atoms with van der Waals surface area (Å²) in [5.74, 6) is 0. The van der Waals surface area contributed by atoms with Gasteiger partial charge in [-0.05, 0) is 38.5 Å². The fourth-order valence-electron chi connectivity index (χ4n) is 5.95. The van der Waals surface area contributed by atoms with Crippen LogP contribution in [0, 0.1) is 0 Å². The van der Waals surface area contributed by atoms with Gasteiger partial charge in [-0.1, -0.05) is 10.4 Å². The molecule has 49 heavy (non-hydrogen) atoms. The van der Waals surface area contributed by atoms with Crippen LogP contribution in [0.2, 0.25) is 0 Å². The second-order valence-corrected chi connectivity index (χ2v) is 12.8. The molecule has 2 fully saturated rings. The third-order valence-corrected chi connectivity index (χ3v) is 8.80. The molecule has 0 unspecified atom stereocenters. The SMILES string of the molecule is N[C@@H]1C[C@H](N)[C@@H](OCCCc2cn(CCOCCOCCOCCn3cc(CCCO[C@H]4[C@H](O)[C@@H](O)[C@H](N)C[C@@H]4N)nn3)nn2)[C@H](O)[C@H]1O. The van der Waals surface area contributed by atoms with E-state index < -0.39 is 60.8 Å². The molecule has 2 aliphatic rings. The van der Waals surface area contributed by atoms with Crippen LogP contribution in [-0.4, -0.2) is 164 Å². The second-order valence-electron chi connectivity index (χ2n) is 12.8. The van der Waals surface area contributed by atoms with Crippen molar-refractivity contribution in [3.05, 3.63) is 23.8 Å². The molecule has 0 radical (unpaired) electrons. The first-order valence-corrected chi connectivity index (χ1v) is 17.1. The second kappa shape index (κ2) is 20.6. The number of aromatic nitrogens is 6. The molecular weight excluding hydrogens is 644 g/mol. The molecule has 2 aromatic rings. The van der Waals surface area contributed by atoms with Crippen LogP contribution in [0.4, 0.5) is 0 Å². The predicted molar refractivity (Wildman–Crippen MR) is 174 cm³/mol. The van der Waals surface area contributed by atoms with Gasteiger partial charge in [0.2, 0.25) is 0 Å². The number of hydrogen-bond acceptors (Lipinski definition) is 17. The Morgan fingerprint density at radius 3 is 1.35 bits per heavy atom. The van der Waals surface area contributed by atoms with Gasteiger partial charge in [-0.25, -0.2) is 9.36 Å². The minimum atomic E-state index is -1.10. The smallest absolute Gasteiger partial charge is 0.109 e. The summed E-state index contributed by atoms with van der Waals surface area (Å²) in [6.45, 7) is 4.60. The molecule has 0 aliphatic heterocycles. The van der Waals surface area contributed by atoms with E-state index in [1.165, 1.54) is 0 Å². The van der Waals surface area contributed by atoms with E-state index in [1.807, 2.05) is 12.4 Å². The number of nitrogens with two attached hydrogens (primary N) is 4. The molecule has 0 aromatic carbocycles. The Morgan fingerprint density at radius 1 is 0.551 bits per heavy atom. The predicted octanol–water partition coefficient (Wildman–Crippen LogP) is -4.18. The number of hydrogen-bond donors (Lipinski definition) is 8. The molecule has 19 heteroatoms. The van der Waals surface area contributed by atoms with E-state index in [-0.39, 0.29) is 0 Å². The highest BCUT2D eigenvalue weighted by Crippen LogP contribution is 2.22. The molecule has 0 amide bonds. The highest BCUT2D eigenvalue weighted by Gasteiger charge is 2.42. The lowest BCUT2D eigenvalue weighted by molar-refractivity contribution is -0.127. The van der Waals surface area contributed by atoms with Crippen molar-refractivity contribution in [3.8, 4) is 0 Å². The monoisotopic (exact) mass is 700 g/mol. The molecule has 2 saturated carbocycles. The van der Waals surface area contributed by atoms with Crippen molar-refractivity contribution in [2.24, 2.45) is 22.9 Å². The molecule has 280 valence electrons. The number of aliphatic hydroxyl groups excluding tert-OH is 4. The average Bonchev–Trinajstić information content (AvgIpc) is 3.73. The molecule has 0 spiro atoms. The minimum absolute atomic E-state index is 0.369. The zero-order chi connectivity index (χ0) is 35.2. The van der Waals surface area contributed by atoms with E-state index in [0.29, 0.717) is 104 Å². The summed E-state index contributed by atoms with van der Waals surface area (Å²) in [7, 11) is 0. The third-order valence-electron chi connectivity index (χ3n) is 8.80. The molecule has 4 rings (SSSR count). The number of aryl methyl sites for hydroxylation is 2. The van der Waals surface area contributed by atoms with Crippen molar-refractivity contribution in [1.29, 1.82) is 0 Å². The van der Waals surface area contributed by atoms with Crippen LogP contribution in [0.1, 0.15) is 37.1 Å². The average molecular weight is 701 g/mol. The molecule has 0 saturated heterocycles. The zero-order valence-corrected chi connectivity index (χ0v) is 28.1. The van der Waals surface area contributed by atoms with Gasteiger partial charge < -0.3 is 67.0 Å². The van der Waals surface area contributed by atoms with E-state index in [9.17, 15) is 20.4 Å². The van der Waals surface area contributed by atoms with Crippen LogP contribution >= 0.6 is 0 Å². The Bertz CT molecular complexity index is 1110. The first-order chi connectivity index (χ1) is 23.6. The third kappa shape index (κ3) is 12.5. The standard InChI is InChI=1S/C30H56N10O9/c31-21-15-23(33)29(27(43)25(21)41)48-7-1-3-19-17-39(37-35-19)5-9-45-11-13-47-14-12-46-10-6-40-18-20(36-38-40)4-2-8-49-30-24(34)16-22(32)26(42)28(30)44/h17-18,21-30,41-44H,1-16,31-34H2/t21-,22-,23+,24+,25+,26+,27-,28-,29-,30-/m1/s1. The van der Waals surface area contributed by atoms with Crippen molar-refractivity contribution >= 4 is 0 Å². The number of aliphatic hydroxyl groups is 4.